The van der Waals surface area contributed by atoms with E-state index in [0.29, 0.717) is 6.42 Å². The van der Waals surface area contributed by atoms with Gasteiger partial charge in [-0.3, -0.25) is 4.79 Å². The van der Waals surface area contributed by atoms with E-state index in [-0.39, 0.29) is 5.78 Å². The molecule has 0 unspecified atom stereocenters. The standard InChI is InChI=1S/C13H15BrO/c1-10(2)11-5-7-12(8-6-11)13(15)4-3-9-14/h5-8H,1,3-4,9H2,2H3. The molecular formula is C13H15BrO. The van der Waals surface area contributed by atoms with Crippen molar-refractivity contribution in [2.45, 2.75) is 19.8 Å². The van der Waals surface area contributed by atoms with E-state index in [9.17, 15) is 4.79 Å². The first-order chi connectivity index (χ1) is 7.15. The van der Waals surface area contributed by atoms with E-state index in [1.807, 2.05) is 31.2 Å². The molecule has 2 heteroatoms. The maximum absolute atomic E-state index is 11.6. The molecule has 15 heavy (non-hydrogen) atoms. The number of halogens is 1. The summed E-state index contributed by atoms with van der Waals surface area (Å²) in [5.41, 5.74) is 2.91. The lowest BCUT2D eigenvalue weighted by atomic mass is 10.0. The molecule has 1 aromatic rings. The lowest BCUT2D eigenvalue weighted by molar-refractivity contribution is 0.0982. The molecule has 0 aliphatic heterocycles. The van der Waals surface area contributed by atoms with E-state index in [2.05, 4.69) is 22.5 Å². The summed E-state index contributed by atoms with van der Waals surface area (Å²) in [6, 6.07) is 7.65. The third kappa shape index (κ3) is 3.63. The molecule has 0 fully saturated rings. The Morgan fingerprint density at radius 3 is 2.27 bits per heavy atom. The maximum atomic E-state index is 11.6. The number of Topliss-reactive ketones (excluding diaryl/α,β-unsaturated/α-hetero) is 1. The van der Waals surface area contributed by atoms with Crippen molar-refractivity contribution in [3.05, 3.63) is 42.0 Å². The van der Waals surface area contributed by atoms with Crippen LogP contribution in [0, 0.1) is 0 Å². The molecule has 0 aromatic heterocycles. The highest BCUT2D eigenvalue weighted by Gasteiger charge is 2.04. The molecule has 80 valence electrons. The van der Waals surface area contributed by atoms with Crippen molar-refractivity contribution in [3.63, 3.8) is 0 Å². The zero-order valence-electron chi connectivity index (χ0n) is 8.92. The number of hydrogen-bond acceptors (Lipinski definition) is 1. The van der Waals surface area contributed by atoms with Gasteiger partial charge in [0.25, 0.3) is 0 Å². The van der Waals surface area contributed by atoms with Crippen LogP contribution in [-0.2, 0) is 0 Å². The molecular weight excluding hydrogens is 252 g/mol. The fourth-order valence-electron chi connectivity index (χ4n) is 1.31. The van der Waals surface area contributed by atoms with Crippen molar-refractivity contribution in [1.29, 1.82) is 0 Å². The van der Waals surface area contributed by atoms with Crippen LogP contribution in [0.5, 0.6) is 0 Å². The average molecular weight is 267 g/mol. The van der Waals surface area contributed by atoms with Crippen LogP contribution in [0.1, 0.15) is 35.7 Å². The predicted molar refractivity (Wildman–Crippen MR) is 68.5 cm³/mol. The second-order valence-corrected chi connectivity index (χ2v) is 4.37. The van der Waals surface area contributed by atoms with E-state index in [4.69, 9.17) is 0 Å². The van der Waals surface area contributed by atoms with E-state index >= 15 is 0 Å². The fourth-order valence-corrected chi connectivity index (χ4v) is 1.59. The number of alkyl halides is 1. The van der Waals surface area contributed by atoms with Crippen LogP contribution in [-0.4, -0.2) is 11.1 Å². The minimum atomic E-state index is 0.211. The Balaban J connectivity index is 2.71. The topological polar surface area (TPSA) is 17.1 Å². The highest BCUT2D eigenvalue weighted by atomic mass is 79.9. The van der Waals surface area contributed by atoms with Crippen molar-refractivity contribution in [1.82, 2.24) is 0 Å². The second kappa shape index (κ2) is 5.86. The third-order valence-corrected chi connectivity index (χ3v) is 2.80. The predicted octanol–water partition coefficient (Wildman–Crippen LogP) is 4.08. The van der Waals surface area contributed by atoms with Crippen LogP contribution in [0.25, 0.3) is 5.57 Å². The molecule has 0 radical (unpaired) electrons. The Morgan fingerprint density at radius 1 is 1.27 bits per heavy atom. The SMILES string of the molecule is C=C(C)c1ccc(C(=O)CCCBr)cc1. The molecule has 1 nitrogen and oxygen atoms in total. The van der Waals surface area contributed by atoms with E-state index in [1.165, 1.54) is 0 Å². The smallest absolute Gasteiger partial charge is 0.162 e. The van der Waals surface area contributed by atoms with Crippen LogP contribution in [0.4, 0.5) is 0 Å². The van der Waals surface area contributed by atoms with Gasteiger partial charge in [-0.05, 0) is 18.9 Å². The number of benzene rings is 1. The number of allylic oxidation sites excluding steroid dienone is 1. The first-order valence-corrected chi connectivity index (χ1v) is 6.12. The summed E-state index contributed by atoms with van der Waals surface area (Å²) >= 11 is 3.32. The largest absolute Gasteiger partial charge is 0.294 e. The van der Waals surface area contributed by atoms with E-state index < -0.39 is 0 Å². The van der Waals surface area contributed by atoms with Crippen molar-refractivity contribution >= 4 is 27.3 Å². The van der Waals surface area contributed by atoms with E-state index in [0.717, 1.165) is 28.5 Å². The van der Waals surface area contributed by atoms with Gasteiger partial charge in [0.1, 0.15) is 0 Å². The highest BCUT2D eigenvalue weighted by Crippen LogP contribution is 2.14. The van der Waals surface area contributed by atoms with Crippen molar-refractivity contribution in [2.75, 3.05) is 5.33 Å². The van der Waals surface area contributed by atoms with Gasteiger partial charge in [-0.2, -0.15) is 0 Å². The Labute approximate surface area is 99.3 Å². The summed E-state index contributed by atoms with van der Waals surface area (Å²) in [5, 5.41) is 0.878. The van der Waals surface area contributed by atoms with Gasteiger partial charge in [0.15, 0.2) is 5.78 Å². The molecule has 1 aromatic carbocycles. The summed E-state index contributed by atoms with van der Waals surface area (Å²) < 4.78 is 0. The van der Waals surface area contributed by atoms with Crippen molar-refractivity contribution < 1.29 is 4.79 Å². The molecule has 0 saturated carbocycles. The zero-order valence-corrected chi connectivity index (χ0v) is 10.5. The molecule has 1 rings (SSSR count). The molecule has 0 heterocycles. The lowest BCUT2D eigenvalue weighted by Crippen LogP contribution is -1.99. The molecule has 0 aliphatic carbocycles. The first kappa shape index (κ1) is 12.2. The second-order valence-electron chi connectivity index (χ2n) is 3.57. The zero-order chi connectivity index (χ0) is 11.3. The first-order valence-electron chi connectivity index (χ1n) is 5.00. The Morgan fingerprint density at radius 2 is 1.80 bits per heavy atom. The number of rotatable bonds is 5. The minimum absolute atomic E-state index is 0.211. The lowest BCUT2D eigenvalue weighted by Gasteiger charge is -2.02. The van der Waals surface area contributed by atoms with Crippen molar-refractivity contribution in [2.24, 2.45) is 0 Å². The summed E-state index contributed by atoms with van der Waals surface area (Å²) in [5.74, 6) is 0.211. The number of carbonyl (C=O) groups excluding carboxylic acids is 1. The maximum Gasteiger partial charge on any atom is 0.162 e. The van der Waals surface area contributed by atoms with Crippen LogP contribution < -0.4 is 0 Å². The molecule has 0 aliphatic rings. The number of ketones is 1. The summed E-state index contributed by atoms with van der Waals surface area (Å²) in [6.45, 7) is 5.82. The molecule has 0 amide bonds. The van der Waals surface area contributed by atoms with Gasteiger partial charge in [-0.15, -0.1) is 0 Å². The van der Waals surface area contributed by atoms with Crippen LogP contribution in [0.15, 0.2) is 30.8 Å². The molecule has 0 atom stereocenters. The Kier molecular flexibility index (Phi) is 4.76. The van der Waals surface area contributed by atoms with Gasteiger partial charge in [-0.25, -0.2) is 0 Å². The van der Waals surface area contributed by atoms with Crippen LogP contribution in [0.3, 0.4) is 0 Å². The normalized spacial score (nSPS) is 10.0. The molecule has 0 saturated heterocycles. The molecule has 0 bridgehead atoms. The van der Waals surface area contributed by atoms with Gasteiger partial charge in [0.2, 0.25) is 0 Å². The van der Waals surface area contributed by atoms with Gasteiger partial charge in [0, 0.05) is 17.3 Å². The van der Waals surface area contributed by atoms with Gasteiger partial charge < -0.3 is 0 Å². The van der Waals surface area contributed by atoms with Gasteiger partial charge >= 0.3 is 0 Å². The summed E-state index contributed by atoms with van der Waals surface area (Å²) in [6.07, 6.45) is 1.50. The Bertz CT molecular complexity index is 351. The quantitative estimate of drug-likeness (QED) is 0.580. The van der Waals surface area contributed by atoms with Gasteiger partial charge in [0.05, 0.1) is 0 Å². The van der Waals surface area contributed by atoms with E-state index in [1.54, 1.807) is 0 Å². The third-order valence-electron chi connectivity index (χ3n) is 2.24. The fraction of sp³-hybridized carbons (Fsp3) is 0.308. The molecule has 0 spiro atoms. The van der Waals surface area contributed by atoms with Crippen molar-refractivity contribution in [3.8, 4) is 0 Å². The minimum Gasteiger partial charge on any atom is -0.294 e. The number of hydrogen-bond donors (Lipinski definition) is 0. The Hall–Kier alpha value is -0.890. The monoisotopic (exact) mass is 266 g/mol. The summed E-state index contributed by atoms with van der Waals surface area (Å²) in [4.78, 5) is 11.6. The average Bonchev–Trinajstić information content (AvgIpc) is 2.26. The van der Waals surface area contributed by atoms with Crippen LogP contribution >= 0.6 is 15.9 Å². The molecule has 0 N–H and O–H groups in total. The summed E-state index contributed by atoms with van der Waals surface area (Å²) in [7, 11) is 0. The van der Waals surface area contributed by atoms with Gasteiger partial charge in [-0.1, -0.05) is 52.3 Å². The van der Waals surface area contributed by atoms with Crippen LogP contribution in [0.2, 0.25) is 0 Å². The highest BCUT2D eigenvalue weighted by molar-refractivity contribution is 9.09. The number of carbonyl (C=O) groups is 1.